The number of benzene rings is 2. The minimum absolute atomic E-state index is 0.235. The first-order valence-corrected chi connectivity index (χ1v) is 10.8. The fraction of sp³-hybridized carbons (Fsp3) is 0.391. The molecule has 0 aromatic heterocycles. The number of carbonyl (C=O) groups is 2. The van der Waals surface area contributed by atoms with E-state index in [0.717, 1.165) is 11.3 Å². The fourth-order valence-electron chi connectivity index (χ4n) is 2.79. The quantitative estimate of drug-likeness (QED) is 0.593. The summed E-state index contributed by atoms with van der Waals surface area (Å²) in [4.78, 5) is 26.1. The van der Waals surface area contributed by atoms with Gasteiger partial charge in [-0.15, -0.1) is 0 Å². The molecule has 0 aliphatic rings. The minimum Gasteiger partial charge on any atom is -0.480 e. The molecule has 5 nitrogen and oxygen atoms in total. The van der Waals surface area contributed by atoms with Gasteiger partial charge in [0.1, 0.15) is 11.6 Å². The van der Waals surface area contributed by atoms with Crippen molar-refractivity contribution >= 4 is 23.8 Å². The molecule has 2 rings (SSSR count). The van der Waals surface area contributed by atoms with E-state index in [-0.39, 0.29) is 6.42 Å². The van der Waals surface area contributed by atoms with E-state index in [1.165, 1.54) is 10.5 Å². The Morgan fingerprint density at radius 2 is 1.55 bits per heavy atom. The topological polar surface area (TPSA) is 66.8 Å². The van der Waals surface area contributed by atoms with Crippen LogP contribution >= 0.6 is 11.8 Å². The number of aliphatic carboxylic acids is 1. The van der Waals surface area contributed by atoms with Crippen molar-refractivity contribution in [3.8, 4) is 0 Å². The van der Waals surface area contributed by atoms with E-state index in [1.807, 2.05) is 60.7 Å². The predicted octanol–water partition coefficient (Wildman–Crippen LogP) is 4.85. The highest BCUT2D eigenvalue weighted by Crippen LogP contribution is 2.18. The van der Waals surface area contributed by atoms with Gasteiger partial charge in [-0.05, 0) is 31.9 Å². The first-order chi connectivity index (χ1) is 13.8. The lowest BCUT2D eigenvalue weighted by Crippen LogP contribution is -2.49. The molecule has 0 saturated carbocycles. The van der Waals surface area contributed by atoms with Crippen LogP contribution in [0, 0.1) is 0 Å². The van der Waals surface area contributed by atoms with E-state index >= 15 is 0 Å². The summed E-state index contributed by atoms with van der Waals surface area (Å²) in [5.74, 6) is 0.388. The lowest BCUT2D eigenvalue weighted by Gasteiger charge is -2.31. The van der Waals surface area contributed by atoms with E-state index in [2.05, 4.69) is 0 Å². The first kappa shape index (κ1) is 22.8. The number of nitrogens with zero attached hydrogens (tertiary/aromatic N) is 1. The molecule has 1 N–H and O–H groups in total. The van der Waals surface area contributed by atoms with Crippen LogP contribution in [0.4, 0.5) is 4.79 Å². The van der Waals surface area contributed by atoms with Crippen molar-refractivity contribution in [2.45, 2.75) is 44.6 Å². The number of amides is 1. The summed E-state index contributed by atoms with van der Waals surface area (Å²) in [6, 6.07) is 18.4. The van der Waals surface area contributed by atoms with Crippen molar-refractivity contribution < 1.29 is 19.4 Å². The van der Waals surface area contributed by atoms with Crippen molar-refractivity contribution in [2.75, 3.05) is 12.3 Å². The van der Waals surface area contributed by atoms with E-state index in [0.29, 0.717) is 12.3 Å². The normalized spacial score (nSPS) is 12.2. The second kappa shape index (κ2) is 10.9. The van der Waals surface area contributed by atoms with Crippen molar-refractivity contribution in [1.82, 2.24) is 4.90 Å². The van der Waals surface area contributed by atoms with Gasteiger partial charge in [-0.2, -0.15) is 11.8 Å². The van der Waals surface area contributed by atoms with Crippen molar-refractivity contribution in [1.29, 1.82) is 0 Å². The van der Waals surface area contributed by atoms with Crippen LogP contribution in [0.5, 0.6) is 0 Å². The summed E-state index contributed by atoms with van der Waals surface area (Å²) >= 11 is 1.66. The highest BCUT2D eigenvalue weighted by molar-refractivity contribution is 7.98. The van der Waals surface area contributed by atoms with Crippen LogP contribution in [0.15, 0.2) is 60.7 Å². The summed E-state index contributed by atoms with van der Waals surface area (Å²) < 4.78 is 5.50. The summed E-state index contributed by atoms with van der Waals surface area (Å²) in [6.45, 7) is 5.64. The molecule has 0 aliphatic carbocycles. The van der Waals surface area contributed by atoms with Crippen molar-refractivity contribution in [3.63, 3.8) is 0 Å². The second-order valence-corrected chi connectivity index (χ2v) is 8.86. The Kier molecular flexibility index (Phi) is 8.58. The zero-order valence-corrected chi connectivity index (χ0v) is 18.0. The van der Waals surface area contributed by atoms with Crippen molar-refractivity contribution in [3.05, 3.63) is 71.8 Å². The molecule has 0 aliphatic heterocycles. The molecular weight excluding hydrogens is 386 g/mol. The van der Waals surface area contributed by atoms with Gasteiger partial charge < -0.3 is 9.84 Å². The highest BCUT2D eigenvalue weighted by atomic mass is 32.2. The number of ether oxygens (including phenoxy) is 1. The smallest absolute Gasteiger partial charge is 0.411 e. The lowest BCUT2D eigenvalue weighted by atomic mass is 10.0. The van der Waals surface area contributed by atoms with Gasteiger partial charge in [0.05, 0.1) is 0 Å². The maximum absolute atomic E-state index is 12.8. The van der Waals surface area contributed by atoms with Gasteiger partial charge in [-0.3, -0.25) is 4.90 Å². The zero-order chi connectivity index (χ0) is 21.3. The van der Waals surface area contributed by atoms with Crippen LogP contribution < -0.4 is 0 Å². The second-order valence-electron chi connectivity index (χ2n) is 7.76. The molecule has 2 aromatic carbocycles. The number of hydrogen-bond acceptors (Lipinski definition) is 4. The third-order valence-corrected chi connectivity index (χ3v) is 5.16. The molecule has 0 spiro atoms. The Labute approximate surface area is 177 Å². The van der Waals surface area contributed by atoms with Gasteiger partial charge in [-0.25, -0.2) is 9.59 Å². The average molecular weight is 416 g/mol. The molecule has 29 heavy (non-hydrogen) atoms. The Morgan fingerprint density at radius 1 is 1.00 bits per heavy atom. The number of carbonyl (C=O) groups excluding carboxylic acids is 1. The number of thioether (sulfide) groups is 1. The van der Waals surface area contributed by atoms with Gasteiger partial charge in [0.2, 0.25) is 0 Å². The van der Waals surface area contributed by atoms with E-state index in [1.54, 1.807) is 32.5 Å². The molecule has 2 aromatic rings. The number of rotatable bonds is 9. The molecule has 6 heteroatoms. The summed E-state index contributed by atoms with van der Waals surface area (Å²) in [6.07, 6.45) is -0.361. The Morgan fingerprint density at radius 3 is 2.07 bits per heavy atom. The standard InChI is InChI=1S/C23H29NO4S/c1-23(2,3)28-22(27)24(14-15-29-17-19-12-8-5-9-13-19)20(21(25)26)16-18-10-6-4-7-11-18/h4-13,20H,14-17H2,1-3H3,(H,25,26). The maximum Gasteiger partial charge on any atom is 0.411 e. The summed E-state index contributed by atoms with van der Waals surface area (Å²) in [5.41, 5.74) is 1.37. The van der Waals surface area contributed by atoms with Crippen LogP contribution in [-0.4, -0.2) is 46.0 Å². The predicted molar refractivity (Wildman–Crippen MR) is 117 cm³/mol. The molecule has 0 fully saturated rings. The van der Waals surface area contributed by atoms with Crippen LogP contribution in [-0.2, 0) is 21.7 Å². The number of carboxylic acids is 1. The monoisotopic (exact) mass is 415 g/mol. The Bertz CT molecular complexity index is 774. The van der Waals surface area contributed by atoms with Crippen molar-refractivity contribution in [2.24, 2.45) is 0 Å². The maximum atomic E-state index is 12.8. The van der Waals surface area contributed by atoms with E-state index in [9.17, 15) is 14.7 Å². The lowest BCUT2D eigenvalue weighted by molar-refractivity contribution is -0.143. The van der Waals surface area contributed by atoms with E-state index in [4.69, 9.17) is 4.74 Å². The van der Waals surface area contributed by atoms with Gasteiger partial charge in [-0.1, -0.05) is 60.7 Å². The molecule has 0 bridgehead atoms. The SMILES string of the molecule is CC(C)(C)OC(=O)N(CCSCc1ccccc1)C(Cc1ccccc1)C(=O)O. The Hall–Kier alpha value is -2.47. The summed E-state index contributed by atoms with van der Waals surface area (Å²) in [5, 5.41) is 9.83. The molecule has 0 heterocycles. The molecular formula is C23H29NO4S. The average Bonchev–Trinajstić information content (AvgIpc) is 2.66. The van der Waals surface area contributed by atoms with E-state index < -0.39 is 23.7 Å². The van der Waals surface area contributed by atoms with Crippen LogP contribution in [0.3, 0.4) is 0 Å². The van der Waals surface area contributed by atoms with Crippen LogP contribution in [0.25, 0.3) is 0 Å². The van der Waals surface area contributed by atoms with Gasteiger partial charge in [0.25, 0.3) is 0 Å². The minimum atomic E-state index is -1.03. The molecule has 156 valence electrons. The molecule has 0 saturated heterocycles. The van der Waals surface area contributed by atoms with Gasteiger partial charge in [0.15, 0.2) is 0 Å². The van der Waals surface area contributed by atoms with Crippen LogP contribution in [0.2, 0.25) is 0 Å². The number of hydrogen-bond donors (Lipinski definition) is 1. The van der Waals surface area contributed by atoms with Gasteiger partial charge in [0, 0.05) is 24.5 Å². The molecule has 1 unspecified atom stereocenters. The third-order valence-electron chi connectivity index (χ3n) is 4.15. The molecule has 0 radical (unpaired) electrons. The van der Waals surface area contributed by atoms with Crippen LogP contribution in [0.1, 0.15) is 31.9 Å². The van der Waals surface area contributed by atoms with Gasteiger partial charge >= 0.3 is 12.1 Å². The largest absolute Gasteiger partial charge is 0.480 e. The molecule has 1 amide bonds. The Balaban J connectivity index is 2.08. The highest BCUT2D eigenvalue weighted by Gasteiger charge is 2.32. The fourth-order valence-corrected chi connectivity index (χ4v) is 3.69. The number of carboxylic acid groups (broad SMARTS) is 1. The zero-order valence-electron chi connectivity index (χ0n) is 17.2. The molecule has 1 atom stereocenters. The first-order valence-electron chi connectivity index (χ1n) is 9.64. The third kappa shape index (κ3) is 8.20. The summed E-state index contributed by atoms with van der Waals surface area (Å²) in [7, 11) is 0.